The number of rotatable bonds is 6. The first-order valence-corrected chi connectivity index (χ1v) is 7.50. The van der Waals surface area contributed by atoms with Gasteiger partial charge in [-0.3, -0.25) is 9.59 Å². The monoisotopic (exact) mass is 338 g/mol. The predicted molar refractivity (Wildman–Crippen MR) is 86.4 cm³/mol. The Balaban J connectivity index is 1.91. The molecule has 0 bridgehead atoms. The fraction of sp³-hybridized carbons (Fsp3) is 0.500. The SMILES string of the molecule is COC[C@@](C)(CNC(=O)C(=O)Nc1ccc2c(c1)OCCO2)OC. The summed E-state index contributed by atoms with van der Waals surface area (Å²) >= 11 is 0. The van der Waals surface area contributed by atoms with Crippen LogP contribution in [0.15, 0.2) is 18.2 Å². The Hall–Kier alpha value is -2.32. The number of nitrogens with one attached hydrogen (secondary N) is 2. The molecular weight excluding hydrogens is 316 g/mol. The van der Waals surface area contributed by atoms with Gasteiger partial charge in [-0.2, -0.15) is 0 Å². The summed E-state index contributed by atoms with van der Waals surface area (Å²) in [5, 5.41) is 5.05. The van der Waals surface area contributed by atoms with Crippen molar-refractivity contribution >= 4 is 17.5 Å². The van der Waals surface area contributed by atoms with Crippen molar-refractivity contribution in [1.82, 2.24) is 5.32 Å². The molecule has 0 aromatic heterocycles. The Morgan fingerprint density at radius 1 is 1.17 bits per heavy atom. The van der Waals surface area contributed by atoms with Gasteiger partial charge in [-0.25, -0.2) is 0 Å². The lowest BCUT2D eigenvalue weighted by Crippen LogP contribution is -2.48. The van der Waals surface area contributed by atoms with Crippen LogP contribution >= 0.6 is 0 Å². The quantitative estimate of drug-likeness (QED) is 0.736. The molecule has 0 unspecified atom stereocenters. The van der Waals surface area contributed by atoms with Crippen molar-refractivity contribution in [3.8, 4) is 11.5 Å². The molecule has 2 rings (SSSR count). The topological polar surface area (TPSA) is 95.1 Å². The molecule has 0 aliphatic carbocycles. The Kier molecular flexibility index (Phi) is 5.99. The summed E-state index contributed by atoms with van der Waals surface area (Å²) in [6.45, 7) is 3.13. The first-order chi connectivity index (χ1) is 11.5. The Labute approximate surface area is 140 Å². The van der Waals surface area contributed by atoms with E-state index in [0.717, 1.165) is 0 Å². The van der Waals surface area contributed by atoms with Gasteiger partial charge in [0.15, 0.2) is 11.5 Å². The molecule has 2 amide bonds. The highest BCUT2D eigenvalue weighted by atomic mass is 16.6. The Morgan fingerprint density at radius 3 is 2.54 bits per heavy atom. The van der Waals surface area contributed by atoms with Crippen LogP contribution in [0.2, 0.25) is 0 Å². The molecule has 0 saturated carbocycles. The number of fused-ring (bicyclic) bond motifs is 1. The molecule has 1 aromatic rings. The summed E-state index contributed by atoms with van der Waals surface area (Å²) < 4.78 is 21.2. The lowest BCUT2D eigenvalue weighted by atomic mass is 10.1. The number of ether oxygens (including phenoxy) is 4. The average Bonchev–Trinajstić information content (AvgIpc) is 2.59. The number of anilines is 1. The standard InChI is InChI=1S/C16H22N2O6/c1-16(22-3,10-21-2)9-17-14(19)15(20)18-11-4-5-12-13(8-11)24-7-6-23-12/h4-5,8H,6-7,9-10H2,1-3H3,(H,17,19)(H,18,20)/t16-/m1/s1. The molecule has 24 heavy (non-hydrogen) atoms. The molecule has 0 saturated heterocycles. The van der Waals surface area contributed by atoms with Crippen LogP contribution in [0.4, 0.5) is 5.69 Å². The molecule has 1 aromatic carbocycles. The van der Waals surface area contributed by atoms with Crippen molar-refractivity contribution in [3.63, 3.8) is 0 Å². The second-order valence-electron chi connectivity index (χ2n) is 5.58. The maximum Gasteiger partial charge on any atom is 0.313 e. The van der Waals surface area contributed by atoms with Crippen LogP contribution in [-0.4, -0.2) is 58.0 Å². The third kappa shape index (κ3) is 4.59. The van der Waals surface area contributed by atoms with Crippen molar-refractivity contribution in [1.29, 1.82) is 0 Å². The second-order valence-corrected chi connectivity index (χ2v) is 5.58. The van der Waals surface area contributed by atoms with Crippen molar-refractivity contribution in [2.24, 2.45) is 0 Å². The molecular formula is C16H22N2O6. The summed E-state index contributed by atoms with van der Waals surface area (Å²) in [4.78, 5) is 23.9. The lowest BCUT2D eigenvalue weighted by Gasteiger charge is -2.27. The predicted octanol–water partition coefficient (Wildman–Crippen LogP) is 0.564. The zero-order chi connectivity index (χ0) is 17.6. The van der Waals surface area contributed by atoms with E-state index in [-0.39, 0.29) is 13.2 Å². The molecule has 1 aliphatic heterocycles. The van der Waals surface area contributed by atoms with Crippen LogP contribution in [0.1, 0.15) is 6.92 Å². The van der Waals surface area contributed by atoms with Crippen molar-refractivity contribution < 1.29 is 28.5 Å². The van der Waals surface area contributed by atoms with Gasteiger partial charge >= 0.3 is 11.8 Å². The number of amides is 2. The highest BCUT2D eigenvalue weighted by Crippen LogP contribution is 2.32. The van der Waals surface area contributed by atoms with Gasteiger partial charge in [-0.1, -0.05) is 0 Å². The van der Waals surface area contributed by atoms with Crippen LogP contribution in [-0.2, 0) is 19.1 Å². The Bertz CT molecular complexity index is 606. The summed E-state index contributed by atoms with van der Waals surface area (Å²) in [5.74, 6) is -0.391. The van der Waals surface area contributed by atoms with Crippen molar-refractivity contribution in [2.75, 3.05) is 45.9 Å². The second kappa shape index (κ2) is 7.98. The van der Waals surface area contributed by atoms with Crippen molar-refractivity contribution in [3.05, 3.63) is 18.2 Å². The van der Waals surface area contributed by atoms with Gasteiger partial charge < -0.3 is 29.6 Å². The van der Waals surface area contributed by atoms with Crippen LogP contribution < -0.4 is 20.1 Å². The maximum atomic E-state index is 12.0. The largest absolute Gasteiger partial charge is 0.486 e. The zero-order valence-electron chi connectivity index (χ0n) is 14.0. The maximum absolute atomic E-state index is 12.0. The lowest BCUT2D eigenvalue weighted by molar-refractivity contribution is -0.137. The minimum atomic E-state index is -0.775. The van der Waals surface area contributed by atoms with E-state index >= 15 is 0 Å². The van der Waals surface area contributed by atoms with Crippen LogP contribution in [0.3, 0.4) is 0 Å². The third-order valence-electron chi connectivity index (χ3n) is 3.57. The zero-order valence-corrected chi connectivity index (χ0v) is 14.0. The fourth-order valence-electron chi connectivity index (χ4n) is 2.14. The highest BCUT2D eigenvalue weighted by Gasteiger charge is 2.26. The average molecular weight is 338 g/mol. The van der Waals surface area contributed by atoms with E-state index in [2.05, 4.69) is 10.6 Å². The minimum Gasteiger partial charge on any atom is -0.486 e. The highest BCUT2D eigenvalue weighted by molar-refractivity contribution is 6.39. The van der Waals surface area contributed by atoms with E-state index in [4.69, 9.17) is 18.9 Å². The molecule has 1 aliphatic rings. The number of carbonyl (C=O) groups excluding carboxylic acids is 2. The Morgan fingerprint density at radius 2 is 1.88 bits per heavy atom. The van der Waals surface area contributed by atoms with Crippen LogP contribution in [0.5, 0.6) is 11.5 Å². The van der Waals surface area contributed by atoms with Gasteiger partial charge in [0.2, 0.25) is 0 Å². The smallest absolute Gasteiger partial charge is 0.313 e. The van der Waals surface area contributed by atoms with E-state index in [1.165, 1.54) is 14.2 Å². The van der Waals surface area contributed by atoms with E-state index in [1.54, 1.807) is 25.1 Å². The first kappa shape index (κ1) is 18.0. The van der Waals surface area contributed by atoms with Gasteiger partial charge in [0.25, 0.3) is 0 Å². The number of hydrogen-bond acceptors (Lipinski definition) is 6. The summed E-state index contributed by atoms with van der Waals surface area (Å²) in [6, 6.07) is 4.94. The summed E-state index contributed by atoms with van der Waals surface area (Å²) in [7, 11) is 3.05. The van der Waals surface area contributed by atoms with E-state index < -0.39 is 17.4 Å². The molecule has 132 valence electrons. The molecule has 8 nitrogen and oxygen atoms in total. The first-order valence-electron chi connectivity index (χ1n) is 7.50. The van der Waals surface area contributed by atoms with Gasteiger partial charge in [-0.05, 0) is 19.1 Å². The third-order valence-corrected chi connectivity index (χ3v) is 3.57. The molecule has 1 heterocycles. The van der Waals surface area contributed by atoms with E-state index in [1.807, 2.05) is 0 Å². The number of methoxy groups -OCH3 is 2. The molecule has 0 spiro atoms. The fourth-order valence-corrected chi connectivity index (χ4v) is 2.14. The van der Waals surface area contributed by atoms with Gasteiger partial charge in [0.05, 0.1) is 6.61 Å². The normalized spacial score (nSPS) is 15.3. The minimum absolute atomic E-state index is 0.144. The van der Waals surface area contributed by atoms with Crippen LogP contribution in [0, 0.1) is 0 Å². The van der Waals surface area contributed by atoms with Gasteiger partial charge in [0, 0.05) is 32.5 Å². The van der Waals surface area contributed by atoms with Crippen molar-refractivity contribution in [2.45, 2.75) is 12.5 Å². The molecule has 8 heteroatoms. The number of benzene rings is 1. The molecule has 1 atom stereocenters. The van der Waals surface area contributed by atoms with E-state index in [9.17, 15) is 9.59 Å². The molecule has 0 radical (unpaired) electrons. The molecule has 0 fully saturated rings. The summed E-state index contributed by atoms with van der Waals surface area (Å²) in [6.07, 6.45) is 0. The number of hydrogen-bond donors (Lipinski definition) is 2. The van der Waals surface area contributed by atoms with E-state index in [0.29, 0.717) is 30.4 Å². The molecule has 2 N–H and O–H groups in total. The number of carbonyl (C=O) groups is 2. The summed E-state index contributed by atoms with van der Waals surface area (Å²) in [5.41, 5.74) is -0.257. The van der Waals surface area contributed by atoms with Gasteiger partial charge in [0.1, 0.15) is 18.8 Å². The van der Waals surface area contributed by atoms with Gasteiger partial charge in [-0.15, -0.1) is 0 Å². The van der Waals surface area contributed by atoms with Crippen LogP contribution in [0.25, 0.3) is 0 Å².